The molecule has 1 amide bonds. The van der Waals surface area contributed by atoms with Gasteiger partial charge < -0.3 is 14.8 Å². The summed E-state index contributed by atoms with van der Waals surface area (Å²) < 4.78 is 49.2. The Morgan fingerprint density at radius 3 is 2.35 bits per heavy atom. The zero-order valence-corrected chi connectivity index (χ0v) is 13.1. The van der Waals surface area contributed by atoms with Gasteiger partial charge in [-0.2, -0.15) is 13.2 Å². The summed E-state index contributed by atoms with van der Waals surface area (Å²) in [5.74, 6) is -0.687. The average molecular weight is 331 g/mol. The van der Waals surface area contributed by atoms with Gasteiger partial charge >= 0.3 is 6.18 Å². The molecule has 7 heteroatoms. The van der Waals surface area contributed by atoms with Crippen LogP contribution in [0.2, 0.25) is 0 Å². The molecule has 128 valence electrons. The van der Waals surface area contributed by atoms with Crippen LogP contribution in [0.1, 0.15) is 37.7 Å². The van der Waals surface area contributed by atoms with Gasteiger partial charge in [-0.25, -0.2) is 0 Å². The number of benzene rings is 1. The molecule has 1 saturated carbocycles. The summed E-state index contributed by atoms with van der Waals surface area (Å²) in [6, 6.07) is 3.46. The first kappa shape index (κ1) is 17.6. The lowest BCUT2D eigenvalue weighted by Crippen LogP contribution is -2.46. The fourth-order valence-electron chi connectivity index (χ4n) is 2.90. The minimum absolute atomic E-state index is 0.0742. The van der Waals surface area contributed by atoms with Crippen molar-refractivity contribution in [1.29, 1.82) is 0 Å². The summed E-state index contributed by atoms with van der Waals surface area (Å²) in [4.78, 5) is 12.5. The molecule has 23 heavy (non-hydrogen) atoms. The van der Waals surface area contributed by atoms with Crippen LogP contribution in [-0.2, 0) is 15.7 Å². The third kappa shape index (κ3) is 3.77. The lowest BCUT2D eigenvalue weighted by molar-refractivity contribution is -0.142. The number of amides is 1. The second-order valence-electron chi connectivity index (χ2n) is 5.63. The maximum absolute atomic E-state index is 13.0. The van der Waals surface area contributed by atoms with Gasteiger partial charge in [0, 0.05) is 12.8 Å². The Hall–Kier alpha value is -1.76. The highest BCUT2D eigenvalue weighted by Crippen LogP contribution is 2.38. The lowest BCUT2D eigenvalue weighted by atomic mass is 9.84. The van der Waals surface area contributed by atoms with Crippen molar-refractivity contribution in [3.8, 4) is 5.75 Å². The van der Waals surface area contributed by atoms with Crippen LogP contribution < -0.4 is 10.1 Å². The van der Waals surface area contributed by atoms with Crippen LogP contribution in [0.4, 0.5) is 18.9 Å². The number of carbonyl (C=O) groups excluding carboxylic acids is 1. The summed E-state index contributed by atoms with van der Waals surface area (Å²) in [6.45, 7) is 0. The molecule has 1 aliphatic rings. The number of hydrogen-bond acceptors (Lipinski definition) is 3. The van der Waals surface area contributed by atoms with Crippen LogP contribution in [-0.4, -0.2) is 25.7 Å². The van der Waals surface area contributed by atoms with Gasteiger partial charge in [-0.3, -0.25) is 4.79 Å². The smallest absolute Gasteiger partial charge is 0.420 e. The number of alkyl halides is 3. The van der Waals surface area contributed by atoms with Crippen LogP contribution in [0.25, 0.3) is 0 Å². The van der Waals surface area contributed by atoms with E-state index in [0.29, 0.717) is 12.8 Å². The molecule has 0 atom stereocenters. The first-order valence-corrected chi connectivity index (χ1v) is 7.44. The maximum Gasteiger partial charge on any atom is 0.420 e. The van der Waals surface area contributed by atoms with Crippen molar-refractivity contribution in [2.75, 3.05) is 19.5 Å². The Morgan fingerprint density at radius 1 is 1.17 bits per heavy atom. The molecular formula is C16H20F3NO3. The molecule has 2 rings (SSSR count). The zero-order valence-electron chi connectivity index (χ0n) is 13.1. The van der Waals surface area contributed by atoms with Crippen LogP contribution >= 0.6 is 0 Å². The molecule has 1 N–H and O–H groups in total. The van der Waals surface area contributed by atoms with E-state index in [0.717, 1.165) is 25.3 Å². The summed E-state index contributed by atoms with van der Waals surface area (Å²) in [7, 11) is 2.63. The Bertz CT molecular complexity index is 566. The van der Waals surface area contributed by atoms with Crippen LogP contribution in [0.5, 0.6) is 5.75 Å². The Labute approximate surface area is 133 Å². The van der Waals surface area contributed by atoms with E-state index >= 15 is 0 Å². The first-order chi connectivity index (χ1) is 10.8. The SMILES string of the molecule is COc1ccc(NC(=O)C2(OC)CCCCC2)cc1C(F)(F)F. The molecule has 0 aromatic heterocycles. The highest BCUT2D eigenvalue weighted by molar-refractivity contribution is 5.97. The lowest BCUT2D eigenvalue weighted by Gasteiger charge is -2.34. The Balaban J connectivity index is 2.24. The minimum atomic E-state index is -4.56. The number of methoxy groups -OCH3 is 2. The normalized spacial score (nSPS) is 17.6. The van der Waals surface area contributed by atoms with Crippen molar-refractivity contribution in [3.05, 3.63) is 23.8 Å². The molecule has 0 spiro atoms. The zero-order chi connectivity index (χ0) is 17.1. The number of ether oxygens (including phenoxy) is 2. The fourth-order valence-corrected chi connectivity index (χ4v) is 2.90. The van der Waals surface area contributed by atoms with Gasteiger partial charge in [-0.1, -0.05) is 19.3 Å². The van der Waals surface area contributed by atoms with Gasteiger partial charge in [0.25, 0.3) is 5.91 Å². The molecule has 4 nitrogen and oxygen atoms in total. The summed E-state index contributed by atoms with van der Waals surface area (Å²) in [6.07, 6.45) is -0.681. The van der Waals surface area contributed by atoms with Crippen molar-refractivity contribution < 1.29 is 27.4 Å². The van der Waals surface area contributed by atoms with E-state index in [-0.39, 0.29) is 11.4 Å². The van der Waals surface area contributed by atoms with E-state index in [1.54, 1.807) is 0 Å². The molecule has 0 aliphatic heterocycles. The molecule has 0 bridgehead atoms. The summed E-state index contributed by atoms with van der Waals surface area (Å²) >= 11 is 0. The van der Waals surface area contributed by atoms with E-state index in [1.165, 1.54) is 26.4 Å². The van der Waals surface area contributed by atoms with E-state index in [9.17, 15) is 18.0 Å². The highest BCUT2D eigenvalue weighted by Gasteiger charge is 2.40. The van der Waals surface area contributed by atoms with Crippen LogP contribution in [0.15, 0.2) is 18.2 Å². The first-order valence-electron chi connectivity index (χ1n) is 7.44. The molecule has 0 heterocycles. The fraction of sp³-hybridized carbons (Fsp3) is 0.562. The van der Waals surface area contributed by atoms with Crippen LogP contribution in [0, 0.1) is 0 Å². The quantitative estimate of drug-likeness (QED) is 0.907. The molecule has 0 radical (unpaired) electrons. The van der Waals surface area contributed by atoms with Gasteiger partial charge in [0.05, 0.1) is 12.7 Å². The van der Waals surface area contributed by atoms with Crippen molar-refractivity contribution in [2.24, 2.45) is 0 Å². The van der Waals surface area contributed by atoms with Gasteiger partial charge in [-0.15, -0.1) is 0 Å². The molecule has 1 aromatic rings. The Morgan fingerprint density at radius 2 is 1.83 bits per heavy atom. The molecule has 1 aromatic carbocycles. The molecule has 0 unspecified atom stereocenters. The standard InChI is InChI=1S/C16H20F3NO3/c1-22-13-7-6-11(10-12(13)16(17,18)19)20-14(21)15(23-2)8-4-3-5-9-15/h6-7,10H,3-5,8-9H2,1-2H3,(H,20,21). The third-order valence-electron chi connectivity index (χ3n) is 4.23. The topological polar surface area (TPSA) is 47.6 Å². The predicted octanol–water partition coefficient (Wildman–Crippen LogP) is 4.00. The highest BCUT2D eigenvalue weighted by atomic mass is 19.4. The van der Waals surface area contributed by atoms with Crippen LogP contribution in [0.3, 0.4) is 0 Å². The molecular weight excluding hydrogens is 311 g/mol. The minimum Gasteiger partial charge on any atom is -0.496 e. The van der Waals surface area contributed by atoms with Gasteiger partial charge in [0.1, 0.15) is 11.4 Å². The largest absolute Gasteiger partial charge is 0.496 e. The number of rotatable bonds is 4. The van der Waals surface area contributed by atoms with Crippen molar-refractivity contribution >= 4 is 11.6 Å². The van der Waals surface area contributed by atoms with Gasteiger partial charge in [0.2, 0.25) is 0 Å². The van der Waals surface area contributed by atoms with E-state index < -0.39 is 23.2 Å². The predicted molar refractivity (Wildman–Crippen MR) is 79.5 cm³/mol. The molecule has 0 saturated heterocycles. The number of halogens is 3. The van der Waals surface area contributed by atoms with Gasteiger partial charge in [0.15, 0.2) is 0 Å². The van der Waals surface area contributed by atoms with Gasteiger partial charge in [-0.05, 0) is 31.0 Å². The molecule has 1 aliphatic carbocycles. The van der Waals surface area contributed by atoms with Crippen molar-refractivity contribution in [1.82, 2.24) is 0 Å². The van der Waals surface area contributed by atoms with Crippen molar-refractivity contribution in [2.45, 2.75) is 43.9 Å². The molecule has 1 fully saturated rings. The maximum atomic E-state index is 13.0. The monoisotopic (exact) mass is 331 g/mol. The second-order valence-corrected chi connectivity index (χ2v) is 5.63. The van der Waals surface area contributed by atoms with E-state index in [1.807, 2.05) is 0 Å². The summed E-state index contributed by atoms with van der Waals surface area (Å²) in [5.41, 5.74) is -1.81. The second kappa shape index (κ2) is 6.78. The Kier molecular flexibility index (Phi) is 5.19. The van der Waals surface area contributed by atoms with Crippen molar-refractivity contribution in [3.63, 3.8) is 0 Å². The number of carbonyl (C=O) groups is 1. The summed E-state index contributed by atoms with van der Waals surface area (Å²) in [5, 5.41) is 2.55. The van der Waals surface area contributed by atoms with E-state index in [2.05, 4.69) is 5.32 Å². The van der Waals surface area contributed by atoms with E-state index in [4.69, 9.17) is 9.47 Å². The number of hydrogen-bond donors (Lipinski definition) is 1. The average Bonchev–Trinajstić information content (AvgIpc) is 2.54. The number of anilines is 1. The number of nitrogens with one attached hydrogen (secondary N) is 1. The third-order valence-corrected chi connectivity index (χ3v) is 4.23.